The van der Waals surface area contributed by atoms with Crippen LogP contribution in [0.5, 0.6) is 0 Å². The van der Waals surface area contributed by atoms with Crippen LogP contribution in [-0.4, -0.2) is 16.7 Å². The van der Waals surface area contributed by atoms with Crippen molar-refractivity contribution >= 4 is 40.5 Å². The number of carbonyl (C=O) groups excluding carboxylic acids is 2. The highest BCUT2D eigenvalue weighted by Crippen LogP contribution is 2.24. The lowest BCUT2D eigenvalue weighted by Gasteiger charge is -2.09. The Morgan fingerprint density at radius 3 is 2.44 bits per heavy atom. The van der Waals surface area contributed by atoms with E-state index in [9.17, 15) is 19.7 Å². The number of anilines is 2. The summed E-state index contributed by atoms with van der Waals surface area (Å²) in [5.74, 6) is -0.696. The SMILES string of the molecule is CCCC(=O)Nc1cccc(NC(=O)c2cc([N+](=O)[O-])ccc2Cl)c1. The van der Waals surface area contributed by atoms with Crippen molar-refractivity contribution < 1.29 is 14.5 Å². The lowest BCUT2D eigenvalue weighted by atomic mass is 10.1. The van der Waals surface area contributed by atoms with Crippen molar-refractivity contribution in [2.45, 2.75) is 19.8 Å². The minimum absolute atomic E-state index is 0.00344. The highest BCUT2D eigenvalue weighted by Gasteiger charge is 2.16. The van der Waals surface area contributed by atoms with Crippen LogP contribution >= 0.6 is 11.6 Å². The van der Waals surface area contributed by atoms with Gasteiger partial charge in [-0.05, 0) is 30.7 Å². The van der Waals surface area contributed by atoms with Crippen molar-refractivity contribution in [2.75, 3.05) is 10.6 Å². The monoisotopic (exact) mass is 361 g/mol. The van der Waals surface area contributed by atoms with Crippen LogP contribution in [0.3, 0.4) is 0 Å². The molecule has 7 nitrogen and oxygen atoms in total. The van der Waals surface area contributed by atoms with Crippen LogP contribution in [0.25, 0.3) is 0 Å². The first-order chi connectivity index (χ1) is 11.9. The molecule has 0 unspecified atom stereocenters. The Hall–Kier alpha value is -2.93. The first kappa shape index (κ1) is 18.4. The number of nitro groups is 1. The van der Waals surface area contributed by atoms with Gasteiger partial charge >= 0.3 is 0 Å². The van der Waals surface area contributed by atoms with Crippen LogP contribution in [0, 0.1) is 10.1 Å². The highest BCUT2D eigenvalue weighted by atomic mass is 35.5. The van der Waals surface area contributed by atoms with Crippen LogP contribution < -0.4 is 10.6 Å². The maximum Gasteiger partial charge on any atom is 0.270 e. The molecule has 8 heteroatoms. The van der Waals surface area contributed by atoms with Gasteiger partial charge in [-0.1, -0.05) is 24.6 Å². The summed E-state index contributed by atoms with van der Waals surface area (Å²) < 4.78 is 0. The number of non-ortho nitro benzene ring substituents is 1. The summed E-state index contributed by atoms with van der Waals surface area (Å²) in [7, 11) is 0. The fraction of sp³-hybridized carbons (Fsp3) is 0.176. The van der Waals surface area contributed by atoms with Crippen molar-refractivity contribution in [3.63, 3.8) is 0 Å². The molecule has 2 rings (SSSR count). The standard InChI is InChI=1S/C17H16ClN3O4/c1-2-4-16(22)19-11-5-3-6-12(9-11)20-17(23)14-10-13(21(24)25)7-8-15(14)18/h3,5-10H,2,4H2,1H3,(H,19,22)(H,20,23). The second-order valence-electron chi connectivity index (χ2n) is 5.25. The summed E-state index contributed by atoms with van der Waals surface area (Å²) in [6, 6.07) is 10.2. The predicted molar refractivity (Wildman–Crippen MR) is 96.0 cm³/mol. The molecule has 0 aliphatic heterocycles. The van der Waals surface area contributed by atoms with E-state index in [0.717, 1.165) is 12.5 Å². The molecule has 0 saturated heterocycles. The van der Waals surface area contributed by atoms with Gasteiger partial charge in [-0.15, -0.1) is 0 Å². The zero-order chi connectivity index (χ0) is 18.4. The van der Waals surface area contributed by atoms with Gasteiger partial charge < -0.3 is 10.6 Å². The first-order valence-corrected chi connectivity index (χ1v) is 7.93. The molecule has 0 bridgehead atoms. The third kappa shape index (κ3) is 5.02. The van der Waals surface area contributed by atoms with Crippen LogP contribution in [0.1, 0.15) is 30.1 Å². The van der Waals surface area contributed by atoms with Crippen molar-refractivity contribution in [1.82, 2.24) is 0 Å². The minimum atomic E-state index is -0.600. The Bertz CT molecular complexity index is 823. The lowest BCUT2D eigenvalue weighted by molar-refractivity contribution is -0.384. The van der Waals surface area contributed by atoms with Gasteiger partial charge in [0.05, 0.1) is 15.5 Å². The molecule has 2 amide bonds. The maximum absolute atomic E-state index is 12.3. The van der Waals surface area contributed by atoms with Gasteiger partial charge in [-0.3, -0.25) is 19.7 Å². The van der Waals surface area contributed by atoms with Crippen LogP contribution in [0.4, 0.5) is 17.1 Å². The molecule has 0 fully saturated rings. The van der Waals surface area contributed by atoms with Crippen LogP contribution in [0.2, 0.25) is 5.02 Å². The van der Waals surface area contributed by atoms with Gasteiger partial charge in [-0.25, -0.2) is 0 Å². The molecule has 0 aliphatic carbocycles. The molecule has 2 aromatic carbocycles. The molecule has 0 saturated carbocycles. The Morgan fingerprint density at radius 2 is 1.80 bits per heavy atom. The quantitative estimate of drug-likeness (QED) is 0.593. The number of amides is 2. The molecule has 0 aliphatic rings. The highest BCUT2D eigenvalue weighted by molar-refractivity contribution is 6.34. The van der Waals surface area contributed by atoms with Crippen molar-refractivity contribution in [3.8, 4) is 0 Å². The Labute approximate surface area is 149 Å². The number of benzene rings is 2. The average molecular weight is 362 g/mol. The number of rotatable bonds is 6. The molecule has 0 atom stereocenters. The zero-order valence-electron chi connectivity index (χ0n) is 13.4. The van der Waals surface area contributed by atoms with E-state index >= 15 is 0 Å². The van der Waals surface area contributed by atoms with E-state index in [-0.39, 0.29) is 22.2 Å². The van der Waals surface area contributed by atoms with Gasteiger partial charge in [0.15, 0.2) is 0 Å². The van der Waals surface area contributed by atoms with Crippen LogP contribution in [-0.2, 0) is 4.79 Å². The summed E-state index contributed by atoms with van der Waals surface area (Å²) in [6.45, 7) is 1.90. The smallest absolute Gasteiger partial charge is 0.270 e. The number of hydrogen-bond donors (Lipinski definition) is 2. The molecule has 0 radical (unpaired) electrons. The zero-order valence-corrected chi connectivity index (χ0v) is 14.2. The van der Waals surface area contributed by atoms with E-state index in [0.29, 0.717) is 17.8 Å². The van der Waals surface area contributed by atoms with E-state index in [1.807, 2.05) is 6.92 Å². The molecule has 130 valence electrons. The molecule has 25 heavy (non-hydrogen) atoms. The topological polar surface area (TPSA) is 101 Å². The second-order valence-corrected chi connectivity index (χ2v) is 5.66. The van der Waals surface area contributed by atoms with E-state index in [1.54, 1.807) is 24.3 Å². The minimum Gasteiger partial charge on any atom is -0.326 e. The third-order valence-corrected chi connectivity index (χ3v) is 3.62. The van der Waals surface area contributed by atoms with Crippen LogP contribution in [0.15, 0.2) is 42.5 Å². The normalized spacial score (nSPS) is 10.2. The number of nitrogens with one attached hydrogen (secondary N) is 2. The number of halogens is 1. The van der Waals surface area contributed by atoms with Crippen molar-refractivity contribution in [3.05, 3.63) is 63.2 Å². The van der Waals surface area contributed by atoms with Crippen molar-refractivity contribution in [2.24, 2.45) is 0 Å². The van der Waals surface area contributed by atoms with E-state index in [1.165, 1.54) is 12.1 Å². The molecule has 0 heterocycles. The summed E-state index contributed by atoms with van der Waals surface area (Å²) in [6.07, 6.45) is 1.13. The van der Waals surface area contributed by atoms with Gasteiger partial charge in [0, 0.05) is 29.9 Å². The van der Waals surface area contributed by atoms with Gasteiger partial charge in [-0.2, -0.15) is 0 Å². The van der Waals surface area contributed by atoms with Crippen molar-refractivity contribution in [1.29, 1.82) is 0 Å². The number of nitro benzene ring substituents is 1. The molecule has 0 aromatic heterocycles. The molecular formula is C17H16ClN3O4. The van der Waals surface area contributed by atoms with Gasteiger partial charge in [0.25, 0.3) is 11.6 Å². The number of hydrogen-bond acceptors (Lipinski definition) is 4. The van der Waals surface area contributed by atoms with E-state index in [4.69, 9.17) is 11.6 Å². The summed E-state index contributed by atoms with van der Waals surface area (Å²) in [5.41, 5.74) is 0.745. The summed E-state index contributed by atoms with van der Waals surface area (Å²) in [5, 5.41) is 16.3. The second kappa shape index (κ2) is 8.25. The lowest BCUT2D eigenvalue weighted by Crippen LogP contribution is -2.14. The number of carbonyl (C=O) groups is 2. The molecular weight excluding hydrogens is 346 g/mol. The third-order valence-electron chi connectivity index (χ3n) is 3.29. The molecule has 2 N–H and O–H groups in total. The maximum atomic E-state index is 12.3. The Kier molecular flexibility index (Phi) is 6.08. The number of nitrogens with zero attached hydrogens (tertiary/aromatic N) is 1. The summed E-state index contributed by atoms with van der Waals surface area (Å²) in [4.78, 5) is 34.2. The predicted octanol–water partition coefficient (Wildman–Crippen LogP) is 4.24. The first-order valence-electron chi connectivity index (χ1n) is 7.56. The summed E-state index contributed by atoms with van der Waals surface area (Å²) >= 11 is 5.96. The van der Waals surface area contributed by atoms with Gasteiger partial charge in [0.2, 0.25) is 5.91 Å². The largest absolute Gasteiger partial charge is 0.326 e. The van der Waals surface area contributed by atoms with Gasteiger partial charge in [0.1, 0.15) is 0 Å². The van der Waals surface area contributed by atoms with E-state index < -0.39 is 10.8 Å². The Morgan fingerprint density at radius 1 is 1.12 bits per heavy atom. The average Bonchev–Trinajstić information content (AvgIpc) is 2.55. The molecule has 2 aromatic rings. The fourth-order valence-corrected chi connectivity index (χ4v) is 2.33. The Balaban J connectivity index is 2.17. The van der Waals surface area contributed by atoms with E-state index in [2.05, 4.69) is 10.6 Å². The molecule has 0 spiro atoms. The fourth-order valence-electron chi connectivity index (χ4n) is 2.12.